The third-order valence-electron chi connectivity index (χ3n) is 3.74. The van der Waals surface area contributed by atoms with Crippen molar-refractivity contribution in [3.05, 3.63) is 52.4 Å². The van der Waals surface area contributed by atoms with Crippen molar-refractivity contribution >= 4 is 40.7 Å². The van der Waals surface area contributed by atoms with Crippen molar-refractivity contribution in [2.45, 2.75) is 18.9 Å². The number of rotatable bonds is 3. The number of hydrogen-bond donors (Lipinski definition) is 1. The maximum atomic E-state index is 12.5. The molecule has 7 heteroatoms. The summed E-state index contributed by atoms with van der Waals surface area (Å²) in [6.45, 7) is 0.527. The smallest absolute Gasteiger partial charge is 0.290 e. The average molecular weight is 353 g/mol. The third kappa shape index (κ3) is 3.35. The topological polar surface area (TPSA) is 62.6 Å². The van der Waals surface area contributed by atoms with Crippen LogP contribution in [0.1, 0.15) is 23.4 Å². The minimum absolute atomic E-state index is 0.235. The van der Waals surface area contributed by atoms with Gasteiger partial charge in [0.15, 0.2) is 5.76 Å². The van der Waals surface area contributed by atoms with E-state index >= 15 is 0 Å². The van der Waals surface area contributed by atoms with Crippen LogP contribution in [0.3, 0.4) is 0 Å². The Kier molecular flexibility index (Phi) is 4.59. The van der Waals surface area contributed by atoms with Crippen molar-refractivity contribution in [1.82, 2.24) is 4.90 Å². The molecular formula is C16H14Cl2N2O3. The lowest BCUT2D eigenvalue weighted by molar-refractivity contribution is -0.119. The Balaban J connectivity index is 1.73. The monoisotopic (exact) mass is 352 g/mol. The van der Waals surface area contributed by atoms with E-state index in [0.29, 0.717) is 28.7 Å². The minimum atomic E-state index is -0.526. The first-order chi connectivity index (χ1) is 11.1. The molecule has 3 rings (SSSR count). The number of furan rings is 1. The zero-order chi connectivity index (χ0) is 16.4. The van der Waals surface area contributed by atoms with Gasteiger partial charge in [0.05, 0.1) is 16.3 Å². The van der Waals surface area contributed by atoms with E-state index in [4.69, 9.17) is 27.6 Å². The highest BCUT2D eigenvalue weighted by Crippen LogP contribution is 2.26. The van der Waals surface area contributed by atoms with E-state index < -0.39 is 6.04 Å². The summed E-state index contributed by atoms with van der Waals surface area (Å²) in [5.41, 5.74) is 0.543. The van der Waals surface area contributed by atoms with Gasteiger partial charge in [-0.2, -0.15) is 0 Å². The van der Waals surface area contributed by atoms with Crippen molar-refractivity contribution in [3.63, 3.8) is 0 Å². The predicted molar refractivity (Wildman–Crippen MR) is 87.9 cm³/mol. The molecule has 0 spiro atoms. The van der Waals surface area contributed by atoms with Gasteiger partial charge in [0.25, 0.3) is 5.91 Å². The molecule has 1 N–H and O–H groups in total. The standard InChI is InChI=1S/C16H14Cl2N2O3/c17-11-6-5-10(9-12(11)18)19-15(21)13-3-1-7-20(13)16(22)14-4-2-8-23-14/h2,4-6,8-9,13H,1,3,7H2,(H,19,21)/t13-/m0/s1. The minimum Gasteiger partial charge on any atom is -0.459 e. The van der Waals surface area contributed by atoms with E-state index in [9.17, 15) is 9.59 Å². The molecule has 1 saturated heterocycles. The molecule has 0 saturated carbocycles. The van der Waals surface area contributed by atoms with E-state index in [2.05, 4.69) is 5.32 Å². The molecule has 0 unspecified atom stereocenters. The predicted octanol–water partition coefficient (Wildman–Crippen LogP) is 3.83. The van der Waals surface area contributed by atoms with E-state index in [1.165, 1.54) is 11.2 Å². The fourth-order valence-corrected chi connectivity index (χ4v) is 2.92. The van der Waals surface area contributed by atoms with Crippen LogP contribution in [-0.2, 0) is 4.79 Å². The van der Waals surface area contributed by atoms with Gasteiger partial charge in [0.2, 0.25) is 5.91 Å². The Morgan fingerprint density at radius 3 is 2.74 bits per heavy atom. The Morgan fingerprint density at radius 2 is 2.04 bits per heavy atom. The van der Waals surface area contributed by atoms with Crippen molar-refractivity contribution < 1.29 is 14.0 Å². The van der Waals surface area contributed by atoms with Gasteiger partial charge in [0, 0.05) is 12.2 Å². The molecule has 2 amide bonds. The van der Waals surface area contributed by atoms with Crippen molar-refractivity contribution in [1.29, 1.82) is 0 Å². The molecule has 0 bridgehead atoms. The molecule has 120 valence electrons. The van der Waals surface area contributed by atoms with Crippen LogP contribution in [0, 0.1) is 0 Å². The second kappa shape index (κ2) is 6.64. The number of nitrogens with zero attached hydrogens (tertiary/aromatic N) is 1. The number of halogens is 2. The van der Waals surface area contributed by atoms with Crippen molar-refractivity contribution in [3.8, 4) is 0 Å². The van der Waals surface area contributed by atoms with Crippen LogP contribution < -0.4 is 5.32 Å². The summed E-state index contributed by atoms with van der Waals surface area (Å²) < 4.78 is 5.13. The van der Waals surface area contributed by atoms with Crippen LogP contribution in [0.15, 0.2) is 41.0 Å². The molecule has 2 aromatic rings. The summed E-state index contributed by atoms with van der Waals surface area (Å²) in [6, 6.07) is 7.57. The summed E-state index contributed by atoms with van der Waals surface area (Å²) in [5, 5.41) is 3.55. The highest BCUT2D eigenvalue weighted by atomic mass is 35.5. The summed E-state index contributed by atoms with van der Waals surface area (Å²) in [7, 11) is 0. The normalized spacial score (nSPS) is 17.3. The van der Waals surface area contributed by atoms with Gasteiger partial charge in [-0.15, -0.1) is 0 Å². The maximum Gasteiger partial charge on any atom is 0.290 e. The second-order valence-electron chi connectivity index (χ2n) is 5.25. The SMILES string of the molecule is O=C(Nc1ccc(Cl)c(Cl)c1)[C@@H]1CCCN1C(=O)c1ccco1. The number of carbonyl (C=O) groups is 2. The molecule has 1 aromatic heterocycles. The number of nitrogens with one attached hydrogen (secondary N) is 1. The van der Waals surface area contributed by atoms with E-state index in [1.807, 2.05) is 0 Å². The van der Waals surface area contributed by atoms with E-state index in [-0.39, 0.29) is 17.6 Å². The highest BCUT2D eigenvalue weighted by Gasteiger charge is 2.35. The molecule has 23 heavy (non-hydrogen) atoms. The number of likely N-dealkylation sites (tertiary alicyclic amines) is 1. The maximum absolute atomic E-state index is 12.5. The summed E-state index contributed by atoms with van der Waals surface area (Å²) >= 11 is 11.8. The lowest BCUT2D eigenvalue weighted by atomic mass is 10.2. The Morgan fingerprint density at radius 1 is 1.22 bits per heavy atom. The molecule has 1 fully saturated rings. The summed E-state index contributed by atoms with van der Waals surface area (Å²) in [6.07, 6.45) is 2.82. The van der Waals surface area contributed by atoms with Crippen LogP contribution >= 0.6 is 23.2 Å². The van der Waals surface area contributed by atoms with E-state index in [0.717, 1.165) is 6.42 Å². The molecular weight excluding hydrogens is 339 g/mol. The van der Waals surface area contributed by atoms with Crippen molar-refractivity contribution in [2.24, 2.45) is 0 Å². The highest BCUT2D eigenvalue weighted by molar-refractivity contribution is 6.42. The van der Waals surface area contributed by atoms with Gasteiger partial charge in [0.1, 0.15) is 6.04 Å². The average Bonchev–Trinajstić information content (AvgIpc) is 3.21. The largest absolute Gasteiger partial charge is 0.459 e. The van der Waals surface area contributed by atoms with Crippen molar-refractivity contribution in [2.75, 3.05) is 11.9 Å². The van der Waals surface area contributed by atoms with Crippen LogP contribution in [0.2, 0.25) is 10.0 Å². The molecule has 2 heterocycles. The quantitative estimate of drug-likeness (QED) is 0.912. The Hall–Kier alpha value is -1.98. The lowest BCUT2D eigenvalue weighted by Crippen LogP contribution is -2.43. The first-order valence-corrected chi connectivity index (χ1v) is 7.92. The number of amides is 2. The van der Waals surface area contributed by atoms with Gasteiger partial charge in [-0.05, 0) is 43.2 Å². The summed E-state index contributed by atoms with van der Waals surface area (Å²) in [5.74, 6) is -0.290. The molecule has 0 aliphatic carbocycles. The van der Waals surface area contributed by atoms with Gasteiger partial charge in [-0.3, -0.25) is 9.59 Å². The lowest BCUT2D eigenvalue weighted by Gasteiger charge is -2.23. The van der Waals surface area contributed by atoms with Gasteiger partial charge >= 0.3 is 0 Å². The van der Waals surface area contributed by atoms with Crippen LogP contribution in [0.25, 0.3) is 0 Å². The molecule has 1 atom stereocenters. The molecule has 0 radical (unpaired) electrons. The Bertz CT molecular complexity index is 731. The zero-order valence-corrected chi connectivity index (χ0v) is 13.6. The molecule has 1 aromatic carbocycles. The first-order valence-electron chi connectivity index (χ1n) is 7.16. The van der Waals surface area contributed by atoms with Gasteiger partial charge < -0.3 is 14.6 Å². The van der Waals surface area contributed by atoms with Crippen LogP contribution in [0.5, 0.6) is 0 Å². The second-order valence-corrected chi connectivity index (χ2v) is 6.07. The number of benzene rings is 1. The third-order valence-corrected chi connectivity index (χ3v) is 4.47. The van der Waals surface area contributed by atoms with Crippen LogP contribution in [0.4, 0.5) is 5.69 Å². The first kappa shape index (κ1) is 15.9. The van der Waals surface area contributed by atoms with Gasteiger partial charge in [-0.25, -0.2) is 0 Å². The molecule has 5 nitrogen and oxygen atoms in total. The molecule has 1 aliphatic heterocycles. The van der Waals surface area contributed by atoms with Gasteiger partial charge in [-0.1, -0.05) is 23.2 Å². The fourth-order valence-electron chi connectivity index (χ4n) is 2.62. The number of carbonyl (C=O) groups excluding carboxylic acids is 2. The van der Waals surface area contributed by atoms with E-state index in [1.54, 1.807) is 30.3 Å². The number of hydrogen-bond acceptors (Lipinski definition) is 3. The zero-order valence-electron chi connectivity index (χ0n) is 12.1. The Labute approximate surface area is 143 Å². The summed E-state index contributed by atoms with van der Waals surface area (Å²) in [4.78, 5) is 26.4. The number of anilines is 1. The molecule has 1 aliphatic rings. The fraction of sp³-hybridized carbons (Fsp3) is 0.250. The van der Waals surface area contributed by atoms with Crippen LogP contribution in [-0.4, -0.2) is 29.3 Å².